The second-order valence-corrected chi connectivity index (χ2v) is 13.0. The number of pyridine rings is 1. The Morgan fingerprint density at radius 3 is 2.70 bits per heavy atom. The molecule has 2 aromatic heterocycles. The molecule has 1 aliphatic carbocycles. The van der Waals surface area contributed by atoms with E-state index in [4.69, 9.17) is 27.5 Å². The molecule has 33 heavy (non-hydrogen) atoms. The van der Waals surface area contributed by atoms with Crippen LogP contribution in [0.1, 0.15) is 58.1 Å². The van der Waals surface area contributed by atoms with Gasteiger partial charge < -0.3 is 10.6 Å². The average molecular weight is 509 g/mol. The molecule has 4 rings (SSSR count). The van der Waals surface area contributed by atoms with Crippen molar-refractivity contribution in [2.75, 3.05) is 23.7 Å². The van der Waals surface area contributed by atoms with Gasteiger partial charge in [-0.25, -0.2) is 19.2 Å². The van der Waals surface area contributed by atoms with Gasteiger partial charge in [0.2, 0.25) is 0 Å². The monoisotopic (exact) mass is 508 g/mol. The van der Waals surface area contributed by atoms with E-state index in [0.29, 0.717) is 22.2 Å². The van der Waals surface area contributed by atoms with Gasteiger partial charge in [0.05, 0.1) is 32.6 Å². The summed E-state index contributed by atoms with van der Waals surface area (Å²) in [7, 11) is -1.30. The summed E-state index contributed by atoms with van der Waals surface area (Å²) in [5.41, 5.74) is 7.03. The zero-order valence-corrected chi connectivity index (χ0v) is 21.9. The molecule has 0 aromatic carbocycles. The minimum Gasteiger partial charge on any atom is -0.382 e. The fourth-order valence-corrected chi connectivity index (χ4v) is 6.80. The van der Waals surface area contributed by atoms with Crippen molar-refractivity contribution in [1.82, 2.24) is 15.0 Å². The van der Waals surface area contributed by atoms with Gasteiger partial charge in [0.15, 0.2) is 0 Å². The molecule has 4 N–H and O–H groups in total. The van der Waals surface area contributed by atoms with E-state index in [0.717, 1.165) is 53.8 Å². The quantitative estimate of drug-likeness (QED) is 0.579. The van der Waals surface area contributed by atoms with E-state index in [-0.39, 0.29) is 4.75 Å². The molecule has 0 bridgehead atoms. The molecule has 1 saturated heterocycles. The molecule has 2 fully saturated rings. The molecule has 3 heterocycles. The highest BCUT2D eigenvalue weighted by Crippen LogP contribution is 2.53. The van der Waals surface area contributed by atoms with Crippen molar-refractivity contribution in [3.63, 3.8) is 0 Å². The Kier molecular flexibility index (Phi) is 7.24. The summed E-state index contributed by atoms with van der Waals surface area (Å²) in [6, 6.07) is 1.84. The number of nitrogens with zero attached hydrogens (tertiary/aromatic N) is 4. The Labute approximate surface area is 208 Å². The number of halogens is 1. The fraction of sp³-hybridized carbons (Fsp3) is 0.609. The first-order chi connectivity index (χ1) is 15.6. The Morgan fingerprint density at radius 1 is 1.30 bits per heavy atom. The lowest BCUT2D eigenvalue weighted by Gasteiger charge is -2.45. The minimum atomic E-state index is -1.30. The van der Waals surface area contributed by atoms with Crippen molar-refractivity contribution in [2.24, 2.45) is 16.5 Å². The summed E-state index contributed by atoms with van der Waals surface area (Å²) in [4.78, 5) is 16.7. The minimum absolute atomic E-state index is 0.317. The lowest BCUT2D eigenvalue weighted by Crippen LogP contribution is -2.45. The number of nitrogen functional groups attached to an aromatic ring is 1. The van der Waals surface area contributed by atoms with Crippen LogP contribution in [0.5, 0.6) is 0 Å². The molecule has 1 saturated carbocycles. The Bertz CT molecular complexity index is 1040. The standard InChI is InChI=1S/C23H33ClN6OS2/c1-15-21(32-17-6-10-27-20(25)19(17)24)28-14-18(29-15)30-11-8-23(9-12-30)7-4-5-16(23)13-22(2,3)33(26)31/h6,10,14,16H,4-5,7-9,11-13,26H2,1-3H3,(H2,25,27)/t16-,33?/m1/s1. The number of aryl methyl sites for hydroxylation is 1. The van der Waals surface area contributed by atoms with E-state index < -0.39 is 11.0 Å². The Morgan fingerprint density at radius 2 is 2.03 bits per heavy atom. The van der Waals surface area contributed by atoms with E-state index in [1.165, 1.54) is 31.0 Å². The number of hydrogen-bond donors (Lipinski definition) is 2. The first-order valence-electron chi connectivity index (χ1n) is 11.4. The van der Waals surface area contributed by atoms with Crippen LogP contribution >= 0.6 is 23.4 Å². The zero-order chi connectivity index (χ0) is 23.8. The van der Waals surface area contributed by atoms with Crippen LogP contribution in [0.2, 0.25) is 5.02 Å². The van der Waals surface area contributed by atoms with Crippen LogP contribution < -0.4 is 15.8 Å². The third-order valence-corrected chi connectivity index (χ3v) is 10.4. The molecular weight excluding hydrogens is 476 g/mol. The largest absolute Gasteiger partial charge is 0.382 e. The van der Waals surface area contributed by atoms with E-state index >= 15 is 0 Å². The molecule has 7 nitrogen and oxygen atoms in total. The van der Waals surface area contributed by atoms with Gasteiger partial charge in [0.25, 0.3) is 0 Å². The van der Waals surface area contributed by atoms with Crippen molar-refractivity contribution in [3.8, 4) is 0 Å². The molecule has 0 radical (unpaired) electrons. The van der Waals surface area contributed by atoms with Crippen LogP contribution in [0.15, 0.2) is 28.4 Å². The molecule has 1 spiro atoms. The number of hydrogen-bond acceptors (Lipinski definition) is 7. The molecule has 1 unspecified atom stereocenters. The Balaban J connectivity index is 1.43. The third-order valence-electron chi connectivity index (χ3n) is 7.44. The molecular formula is C23H33ClN6OS2. The molecule has 10 heteroatoms. The van der Waals surface area contributed by atoms with Gasteiger partial charge in [0, 0.05) is 24.2 Å². The van der Waals surface area contributed by atoms with Crippen molar-refractivity contribution < 1.29 is 4.21 Å². The predicted molar refractivity (Wildman–Crippen MR) is 137 cm³/mol. The third kappa shape index (κ3) is 5.16. The van der Waals surface area contributed by atoms with Crippen molar-refractivity contribution in [1.29, 1.82) is 0 Å². The molecule has 0 amide bonds. The summed E-state index contributed by atoms with van der Waals surface area (Å²) < 4.78 is 11.7. The second-order valence-electron chi connectivity index (χ2n) is 9.93. The van der Waals surface area contributed by atoms with Gasteiger partial charge in [-0.3, -0.25) is 5.14 Å². The first kappa shape index (κ1) is 24.7. The van der Waals surface area contributed by atoms with Gasteiger partial charge in [-0.2, -0.15) is 0 Å². The average Bonchev–Trinajstić information content (AvgIpc) is 3.14. The number of nitrogens with two attached hydrogens (primary N) is 2. The molecule has 2 aliphatic rings. The highest BCUT2D eigenvalue weighted by molar-refractivity contribution is 7.99. The molecule has 180 valence electrons. The SMILES string of the molecule is Cc1nc(N2CCC3(CCC[C@@H]3CC(C)(C)S(N)=O)CC2)cnc1Sc1ccnc(N)c1Cl. The molecule has 1 aliphatic heterocycles. The van der Waals surface area contributed by atoms with Crippen LogP contribution in [0.3, 0.4) is 0 Å². The van der Waals surface area contributed by atoms with Gasteiger partial charge >= 0.3 is 0 Å². The van der Waals surface area contributed by atoms with Gasteiger partial charge in [-0.1, -0.05) is 29.8 Å². The zero-order valence-electron chi connectivity index (χ0n) is 19.5. The van der Waals surface area contributed by atoms with Crippen LogP contribution in [-0.2, 0) is 11.0 Å². The predicted octanol–water partition coefficient (Wildman–Crippen LogP) is 4.74. The first-order valence-corrected chi connectivity index (χ1v) is 13.8. The highest BCUT2D eigenvalue weighted by Gasteiger charge is 2.47. The van der Waals surface area contributed by atoms with E-state index in [9.17, 15) is 4.21 Å². The molecule has 2 aromatic rings. The lowest BCUT2D eigenvalue weighted by molar-refractivity contribution is 0.134. The summed E-state index contributed by atoms with van der Waals surface area (Å²) >= 11 is 7.74. The smallest absolute Gasteiger partial charge is 0.147 e. The fourth-order valence-electron chi connectivity index (χ4n) is 5.38. The highest BCUT2D eigenvalue weighted by atomic mass is 35.5. The maximum Gasteiger partial charge on any atom is 0.147 e. The number of piperidine rings is 1. The summed E-state index contributed by atoms with van der Waals surface area (Å²) in [6.45, 7) is 7.99. The van der Waals surface area contributed by atoms with Gasteiger partial charge in [0.1, 0.15) is 16.7 Å². The van der Waals surface area contributed by atoms with Crippen molar-refractivity contribution >= 4 is 46.0 Å². The van der Waals surface area contributed by atoms with Crippen molar-refractivity contribution in [2.45, 2.75) is 74.0 Å². The van der Waals surface area contributed by atoms with Crippen LogP contribution in [0.4, 0.5) is 11.6 Å². The Hall–Kier alpha value is -1.42. The lowest BCUT2D eigenvalue weighted by atomic mass is 9.68. The number of aromatic nitrogens is 3. The second kappa shape index (κ2) is 9.68. The number of rotatable bonds is 6. The van der Waals surface area contributed by atoms with E-state index in [1.54, 1.807) is 6.20 Å². The van der Waals surface area contributed by atoms with E-state index in [1.807, 2.05) is 33.0 Å². The maximum atomic E-state index is 12.0. The van der Waals surface area contributed by atoms with E-state index in [2.05, 4.69) is 14.9 Å². The summed E-state index contributed by atoms with van der Waals surface area (Å²) in [6.07, 6.45) is 10.4. The summed E-state index contributed by atoms with van der Waals surface area (Å²) in [5, 5.41) is 7.04. The van der Waals surface area contributed by atoms with Crippen LogP contribution in [0, 0.1) is 18.3 Å². The number of anilines is 2. The normalized spacial score (nSPS) is 21.5. The molecule has 2 atom stereocenters. The van der Waals surface area contributed by atoms with Gasteiger partial charge in [-0.05, 0) is 70.3 Å². The topological polar surface area (TPSA) is 111 Å². The van der Waals surface area contributed by atoms with Crippen LogP contribution in [-0.4, -0.2) is 37.0 Å². The van der Waals surface area contributed by atoms with Crippen LogP contribution in [0.25, 0.3) is 0 Å². The van der Waals surface area contributed by atoms with Gasteiger partial charge in [-0.15, -0.1) is 0 Å². The maximum absolute atomic E-state index is 12.0. The summed E-state index contributed by atoms with van der Waals surface area (Å²) in [5.74, 6) is 1.83. The van der Waals surface area contributed by atoms with Crippen molar-refractivity contribution in [3.05, 3.63) is 29.2 Å².